The van der Waals surface area contributed by atoms with Crippen molar-refractivity contribution in [2.75, 3.05) is 13.1 Å². The SMILES string of the molecule is CC(SC1=Nc2ccccc2CS1)C(=O)N1CCNC1=O. The average Bonchev–Trinajstić information content (AvgIpc) is 2.92. The predicted octanol–water partition coefficient (Wildman–Crippen LogP) is 2.59. The number of carbonyl (C=O) groups is 2. The fourth-order valence-corrected chi connectivity index (χ4v) is 4.42. The maximum absolute atomic E-state index is 12.3. The van der Waals surface area contributed by atoms with Gasteiger partial charge in [0, 0.05) is 18.8 Å². The van der Waals surface area contributed by atoms with Crippen LogP contribution in [0.3, 0.4) is 0 Å². The Morgan fingerprint density at radius 1 is 1.48 bits per heavy atom. The molecule has 1 saturated heterocycles. The summed E-state index contributed by atoms with van der Waals surface area (Å²) in [6, 6.07) is 7.72. The fourth-order valence-electron chi connectivity index (χ4n) is 2.18. The molecule has 21 heavy (non-hydrogen) atoms. The number of para-hydroxylation sites is 1. The average molecular weight is 321 g/mol. The fraction of sp³-hybridized carbons (Fsp3) is 0.357. The molecular formula is C14H15N3O2S2. The van der Waals surface area contributed by atoms with E-state index in [1.165, 1.54) is 22.2 Å². The normalized spacial score (nSPS) is 18.8. The lowest BCUT2D eigenvalue weighted by Gasteiger charge is -2.19. The van der Waals surface area contributed by atoms with Gasteiger partial charge in [0.2, 0.25) is 5.91 Å². The quantitative estimate of drug-likeness (QED) is 0.909. The van der Waals surface area contributed by atoms with Gasteiger partial charge in [-0.1, -0.05) is 41.7 Å². The summed E-state index contributed by atoms with van der Waals surface area (Å²) in [6.07, 6.45) is 0. The number of amides is 3. The van der Waals surface area contributed by atoms with Gasteiger partial charge in [0.1, 0.15) is 4.38 Å². The van der Waals surface area contributed by atoms with Crippen LogP contribution in [0.5, 0.6) is 0 Å². The van der Waals surface area contributed by atoms with Crippen LogP contribution in [-0.4, -0.2) is 39.6 Å². The van der Waals surface area contributed by atoms with Gasteiger partial charge in [-0.3, -0.25) is 9.69 Å². The van der Waals surface area contributed by atoms with E-state index in [2.05, 4.69) is 16.4 Å². The number of urea groups is 1. The van der Waals surface area contributed by atoms with E-state index in [4.69, 9.17) is 0 Å². The van der Waals surface area contributed by atoms with Crippen molar-refractivity contribution in [1.29, 1.82) is 0 Å². The molecule has 1 aromatic carbocycles. The molecule has 0 bridgehead atoms. The van der Waals surface area contributed by atoms with Crippen LogP contribution in [0, 0.1) is 0 Å². The molecule has 1 N–H and O–H groups in total. The summed E-state index contributed by atoms with van der Waals surface area (Å²) in [7, 11) is 0. The Labute approximate surface area is 131 Å². The molecule has 1 fully saturated rings. The van der Waals surface area contributed by atoms with Gasteiger partial charge in [0.05, 0.1) is 10.9 Å². The number of carbonyl (C=O) groups excluding carboxylic acids is 2. The molecule has 2 heterocycles. The van der Waals surface area contributed by atoms with Gasteiger partial charge in [0.15, 0.2) is 0 Å². The van der Waals surface area contributed by atoms with E-state index >= 15 is 0 Å². The van der Waals surface area contributed by atoms with E-state index < -0.39 is 0 Å². The number of rotatable bonds is 2. The first-order valence-electron chi connectivity index (χ1n) is 6.70. The molecule has 0 aromatic heterocycles. The van der Waals surface area contributed by atoms with Gasteiger partial charge < -0.3 is 5.32 Å². The van der Waals surface area contributed by atoms with Gasteiger partial charge in [0.25, 0.3) is 0 Å². The largest absolute Gasteiger partial charge is 0.336 e. The minimum Gasteiger partial charge on any atom is -0.336 e. The summed E-state index contributed by atoms with van der Waals surface area (Å²) in [5.41, 5.74) is 2.18. The second kappa shape index (κ2) is 6.11. The molecule has 7 heteroatoms. The van der Waals surface area contributed by atoms with E-state index in [9.17, 15) is 9.59 Å². The topological polar surface area (TPSA) is 61.8 Å². The Balaban J connectivity index is 1.68. The zero-order chi connectivity index (χ0) is 14.8. The maximum Gasteiger partial charge on any atom is 0.324 e. The van der Waals surface area contributed by atoms with E-state index in [1.54, 1.807) is 11.8 Å². The number of nitrogens with one attached hydrogen (secondary N) is 1. The summed E-state index contributed by atoms with van der Waals surface area (Å²) in [6.45, 7) is 2.80. The third-order valence-electron chi connectivity index (χ3n) is 3.30. The summed E-state index contributed by atoms with van der Waals surface area (Å²) >= 11 is 3.06. The number of hydrogen-bond donors (Lipinski definition) is 1. The Kier molecular flexibility index (Phi) is 4.21. The van der Waals surface area contributed by atoms with Crippen molar-refractivity contribution in [1.82, 2.24) is 10.2 Å². The van der Waals surface area contributed by atoms with Gasteiger partial charge >= 0.3 is 6.03 Å². The molecule has 0 radical (unpaired) electrons. The van der Waals surface area contributed by atoms with E-state index in [0.717, 1.165) is 15.8 Å². The minimum absolute atomic E-state index is 0.155. The van der Waals surface area contributed by atoms with Crippen molar-refractivity contribution >= 4 is 45.5 Å². The van der Waals surface area contributed by atoms with Crippen LogP contribution in [0.1, 0.15) is 12.5 Å². The van der Waals surface area contributed by atoms with Crippen LogP contribution in [-0.2, 0) is 10.5 Å². The highest BCUT2D eigenvalue weighted by molar-refractivity contribution is 8.39. The van der Waals surface area contributed by atoms with Crippen LogP contribution in [0.4, 0.5) is 10.5 Å². The standard InChI is InChI=1S/C14H15N3O2S2/c1-9(12(18)17-7-6-15-13(17)19)21-14-16-11-5-3-2-4-10(11)8-20-14/h2-5,9H,6-8H2,1H3,(H,15,19). The van der Waals surface area contributed by atoms with E-state index in [0.29, 0.717) is 13.1 Å². The third kappa shape index (κ3) is 3.08. The van der Waals surface area contributed by atoms with Crippen molar-refractivity contribution in [3.05, 3.63) is 29.8 Å². The number of benzene rings is 1. The van der Waals surface area contributed by atoms with Crippen molar-refractivity contribution in [2.24, 2.45) is 4.99 Å². The first kappa shape index (κ1) is 14.5. The number of hydrogen-bond acceptors (Lipinski definition) is 5. The summed E-state index contributed by atoms with van der Waals surface area (Å²) in [4.78, 5) is 29.6. The van der Waals surface area contributed by atoms with Crippen molar-refractivity contribution in [3.8, 4) is 0 Å². The number of nitrogens with zero attached hydrogens (tertiary/aromatic N) is 2. The van der Waals surface area contributed by atoms with Crippen molar-refractivity contribution in [2.45, 2.75) is 17.9 Å². The molecule has 3 amide bonds. The third-order valence-corrected chi connectivity index (χ3v) is 5.59. The monoisotopic (exact) mass is 321 g/mol. The van der Waals surface area contributed by atoms with Gasteiger partial charge in [-0.25, -0.2) is 9.79 Å². The molecule has 0 aliphatic carbocycles. The molecule has 1 aromatic rings. The van der Waals surface area contributed by atoms with E-state index in [1.807, 2.05) is 25.1 Å². The van der Waals surface area contributed by atoms with Gasteiger partial charge in [-0.05, 0) is 18.6 Å². The zero-order valence-electron chi connectivity index (χ0n) is 11.5. The number of imide groups is 1. The predicted molar refractivity (Wildman–Crippen MR) is 87.0 cm³/mol. The van der Waals surface area contributed by atoms with Crippen LogP contribution >= 0.6 is 23.5 Å². The maximum atomic E-state index is 12.3. The molecule has 1 unspecified atom stereocenters. The second-order valence-electron chi connectivity index (χ2n) is 4.78. The summed E-state index contributed by atoms with van der Waals surface area (Å²) in [5, 5.41) is 2.33. The lowest BCUT2D eigenvalue weighted by atomic mass is 10.2. The molecule has 2 aliphatic rings. The highest BCUT2D eigenvalue weighted by atomic mass is 32.2. The molecule has 1 atom stereocenters. The molecule has 110 valence electrons. The summed E-state index contributed by atoms with van der Waals surface area (Å²) in [5.74, 6) is 0.713. The number of aliphatic imine (C=N–C) groups is 1. The number of thioether (sulfide) groups is 2. The second-order valence-corrected chi connectivity index (χ2v) is 7.33. The summed E-state index contributed by atoms with van der Waals surface area (Å²) < 4.78 is 0.883. The molecule has 2 aliphatic heterocycles. The Morgan fingerprint density at radius 2 is 2.29 bits per heavy atom. The molecule has 0 spiro atoms. The Bertz CT molecular complexity index is 618. The Hall–Kier alpha value is -1.47. The number of fused-ring (bicyclic) bond motifs is 1. The lowest BCUT2D eigenvalue weighted by molar-refractivity contribution is -0.126. The van der Waals surface area contributed by atoms with Gasteiger partial charge in [-0.15, -0.1) is 0 Å². The lowest BCUT2D eigenvalue weighted by Crippen LogP contribution is -2.39. The first-order chi connectivity index (χ1) is 10.1. The molecule has 5 nitrogen and oxygen atoms in total. The molecule has 3 rings (SSSR count). The van der Waals surface area contributed by atoms with Crippen LogP contribution in [0.25, 0.3) is 0 Å². The van der Waals surface area contributed by atoms with Crippen LogP contribution in [0.2, 0.25) is 0 Å². The van der Waals surface area contributed by atoms with Gasteiger partial charge in [-0.2, -0.15) is 0 Å². The highest BCUT2D eigenvalue weighted by Crippen LogP contribution is 2.36. The minimum atomic E-state index is -0.314. The molecule has 0 saturated carbocycles. The highest BCUT2D eigenvalue weighted by Gasteiger charge is 2.31. The van der Waals surface area contributed by atoms with Crippen molar-refractivity contribution in [3.63, 3.8) is 0 Å². The smallest absolute Gasteiger partial charge is 0.324 e. The van der Waals surface area contributed by atoms with Crippen LogP contribution in [0.15, 0.2) is 29.3 Å². The van der Waals surface area contributed by atoms with Crippen LogP contribution < -0.4 is 5.32 Å². The van der Waals surface area contributed by atoms with Crippen molar-refractivity contribution < 1.29 is 9.59 Å². The van der Waals surface area contributed by atoms with E-state index in [-0.39, 0.29) is 17.2 Å². The Morgan fingerprint density at radius 3 is 3.05 bits per heavy atom. The molecular weight excluding hydrogens is 306 g/mol. The zero-order valence-corrected chi connectivity index (χ0v) is 13.2. The first-order valence-corrected chi connectivity index (χ1v) is 8.57.